The van der Waals surface area contributed by atoms with Gasteiger partial charge in [0.05, 0.1) is 17.3 Å². The summed E-state index contributed by atoms with van der Waals surface area (Å²) in [6.07, 6.45) is -1.83. The second-order valence-electron chi connectivity index (χ2n) is 6.02. The molecule has 0 bridgehead atoms. The number of rotatable bonds is 4. The number of carbonyl (C=O) groups is 1. The minimum atomic E-state index is -4.64. The summed E-state index contributed by atoms with van der Waals surface area (Å²) in [6.45, 7) is 1.59. The van der Waals surface area contributed by atoms with Crippen molar-refractivity contribution in [1.29, 1.82) is 0 Å². The molecule has 2 heterocycles. The van der Waals surface area contributed by atoms with Crippen LogP contribution in [-0.4, -0.2) is 26.1 Å². The maximum Gasteiger partial charge on any atom is 0.416 e. The summed E-state index contributed by atoms with van der Waals surface area (Å²) in [7, 11) is 0. The zero-order chi connectivity index (χ0) is 21.2. The van der Waals surface area contributed by atoms with E-state index in [1.165, 1.54) is 24.5 Å². The maximum absolute atomic E-state index is 13.0. The van der Waals surface area contributed by atoms with Gasteiger partial charge in [0.1, 0.15) is 11.4 Å². The van der Waals surface area contributed by atoms with Crippen molar-refractivity contribution in [2.75, 3.05) is 0 Å². The quantitative estimate of drug-likeness (QED) is 0.670. The van der Waals surface area contributed by atoms with E-state index < -0.39 is 29.2 Å². The molecule has 2 aromatic heterocycles. The number of nitrogens with zero attached hydrogens (tertiary/aromatic N) is 3. The second-order valence-corrected chi connectivity index (χ2v) is 6.45. The highest BCUT2D eigenvalue weighted by Crippen LogP contribution is 2.32. The van der Waals surface area contributed by atoms with Gasteiger partial charge in [0.2, 0.25) is 0 Å². The first-order valence-electron chi connectivity index (χ1n) is 8.21. The molecular weight excluding hydrogens is 411 g/mol. The summed E-state index contributed by atoms with van der Waals surface area (Å²) in [6, 6.07) is 4.56. The fourth-order valence-corrected chi connectivity index (χ4v) is 2.81. The van der Waals surface area contributed by atoms with Crippen LogP contribution in [0, 0.1) is 0 Å². The van der Waals surface area contributed by atoms with Crippen molar-refractivity contribution in [2.45, 2.75) is 19.1 Å². The molecule has 1 unspecified atom stereocenters. The van der Waals surface area contributed by atoms with Gasteiger partial charge in [-0.1, -0.05) is 11.6 Å². The zero-order valence-electron chi connectivity index (χ0n) is 14.8. The fraction of sp³-hybridized carbons (Fsp3) is 0.167. The molecule has 0 aliphatic rings. The van der Waals surface area contributed by atoms with Crippen molar-refractivity contribution < 1.29 is 18.0 Å². The Morgan fingerprint density at radius 3 is 2.55 bits per heavy atom. The molecule has 3 aromatic rings. The number of hydrogen-bond acceptors (Lipinski definition) is 5. The summed E-state index contributed by atoms with van der Waals surface area (Å²) < 4.78 is 38.9. The normalized spacial score (nSPS) is 12.4. The van der Waals surface area contributed by atoms with Crippen LogP contribution < -0.4 is 10.9 Å². The van der Waals surface area contributed by atoms with Gasteiger partial charge in [-0.3, -0.25) is 19.6 Å². The lowest BCUT2D eigenvalue weighted by atomic mass is 10.1. The Kier molecular flexibility index (Phi) is 5.64. The second kappa shape index (κ2) is 8.00. The molecule has 0 saturated heterocycles. The molecule has 0 radical (unpaired) electrons. The third kappa shape index (κ3) is 4.77. The summed E-state index contributed by atoms with van der Waals surface area (Å²) in [5.41, 5.74) is -0.736. The van der Waals surface area contributed by atoms with Crippen molar-refractivity contribution in [3.05, 3.63) is 74.9 Å². The highest BCUT2D eigenvalue weighted by atomic mass is 35.5. The van der Waals surface area contributed by atoms with E-state index in [1.54, 1.807) is 6.92 Å². The van der Waals surface area contributed by atoms with Gasteiger partial charge in [-0.15, -0.1) is 0 Å². The number of halogens is 4. The monoisotopic (exact) mass is 423 g/mol. The molecule has 1 amide bonds. The molecule has 3 rings (SSSR count). The van der Waals surface area contributed by atoms with E-state index in [2.05, 4.69) is 25.5 Å². The number of aromatic nitrogens is 4. The molecular formula is C18H13ClF3N5O2. The van der Waals surface area contributed by atoms with E-state index in [9.17, 15) is 22.8 Å². The number of nitrogens with one attached hydrogen (secondary N) is 2. The summed E-state index contributed by atoms with van der Waals surface area (Å²) in [5, 5.41) is 8.52. The molecule has 2 N–H and O–H groups in total. The highest BCUT2D eigenvalue weighted by molar-refractivity contribution is 6.31. The van der Waals surface area contributed by atoms with Crippen LogP contribution in [0.5, 0.6) is 0 Å². The molecule has 0 fully saturated rings. The number of aromatic amines is 1. The van der Waals surface area contributed by atoms with Gasteiger partial charge in [0.15, 0.2) is 0 Å². The van der Waals surface area contributed by atoms with E-state index in [4.69, 9.17) is 11.6 Å². The fourth-order valence-electron chi connectivity index (χ4n) is 2.57. The van der Waals surface area contributed by atoms with E-state index >= 15 is 0 Å². The van der Waals surface area contributed by atoms with Crippen LogP contribution in [0.15, 0.2) is 47.5 Å². The lowest BCUT2D eigenvalue weighted by Gasteiger charge is -2.16. The largest absolute Gasteiger partial charge is 0.416 e. The van der Waals surface area contributed by atoms with E-state index in [-0.39, 0.29) is 10.6 Å². The SMILES string of the molecule is CC(NC(=O)c1cc(Cl)cc(C(F)(F)F)c1)c1nccnc1-c1ccc(=O)[nH]n1. The third-order valence-electron chi connectivity index (χ3n) is 3.89. The third-order valence-corrected chi connectivity index (χ3v) is 4.11. The lowest BCUT2D eigenvalue weighted by molar-refractivity contribution is -0.137. The Hall–Kier alpha value is -3.27. The van der Waals surface area contributed by atoms with Crippen molar-refractivity contribution >= 4 is 17.5 Å². The van der Waals surface area contributed by atoms with Gasteiger partial charge in [0.25, 0.3) is 11.5 Å². The molecule has 1 aromatic carbocycles. The molecule has 0 aliphatic heterocycles. The Labute approximate surface area is 167 Å². The van der Waals surface area contributed by atoms with Gasteiger partial charge < -0.3 is 5.32 Å². The number of alkyl halides is 3. The molecule has 0 aliphatic carbocycles. The molecule has 7 nitrogen and oxygen atoms in total. The minimum Gasteiger partial charge on any atom is -0.344 e. The van der Waals surface area contributed by atoms with Crippen LogP contribution in [0.25, 0.3) is 11.4 Å². The van der Waals surface area contributed by atoms with E-state index in [0.29, 0.717) is 17.1 Å². The summed E-state index contributed by atoms with van der Waals surface area (Å²) in [4.78, 5) is 32.1. The predicted molar refractivity (Wildman–Crippen MR) is 98.2 cm³/mol. The van der Waals surface area contributed by atoms with E-state index in [0.717, 1.165) is 18.2 Å². The predicted octanol–water partition coefficient (Wildman–Crippen LogP) is 3.39. The maximum atomic E-state index is 13.0. The summed E-state index contributed by atoms with van der Waals surface area (Å²) in [5.74, 6) is -0.767. The Morgan fingerprint density at radius 1 is 1.17 bits per heavy atom. The Bertz CT molecular complexity index is 1100. The lowest BCUT2D eigenvalue weighted by Crippen LogP contribution is -2.28. The van der Waals surface area contributed by atoms with Gasteiger partial charge in [-0.25, -0.2) is 5.10 Å². The molecule has 0 saturated carbocycles. The molecule has 1 atom stereocenters. The van der Waals surface area contributed by atoms with Crippen molar-refractivity contribution in [1.82, 2.24) is 25.5 Å². The first-order chi connectivity index (χ1) is 13.6. The zero-order valence-corrected chi connectivity index (χ0v) is 15.5. The smallest absolute Gasteiger partial charge is 0.344 e. The Balaban J connectivity index is 1.89. The minimum absolute atomic E-state index is 0.213. The molecule has 11 heteroatoms. The van der Waals surface area contributed by atoms with Crippen LogP contribution in [0.3, 0.4) is 0 Å². The first kappa shape index (κ1) is 20.5. The molecule has 150 valence electrons. The van der Waals surface area contributed by atoms with Crippen molar-refractivity contribution in [3.8, 4) is 11.4 Å². The van der Waals surface area contributed by atoms with Crippen LogP contribution in [0.4, 0.5) is 13.2 Å². The highest BCUT2D eigenvalue weighted by Gasteiger charge is 2.32. The van der Waals surface area contributed by atoms with Gasteiger partial charge >= 0.3 is 6.18 Å². The average Bonchev–Trinajstić information content (AvgIpc) is 2.67. The average molecular weight is 424 g/mol. The van der Waals surface area contributed by atoms with Gasteiger partial charge in [-0.05, 0) is 31.2 Å². The van der Waals surface area contributed by atoms with Gasteiger partial charge in [-0.2, -0.15) is 18.3 Å². The van der Waals surface area contributed by atoms with Crippen molar-refractivity contribution in [2.24, 2.45) is 0 Å². The number of amides is 1. The van der Waals surface area contributed by atoms with Crippen LogP contribution in [-0.2, 0) is 6.18 Å². The van der Waals surface area contributed by atoms with E-state index in [1.807, 2.05) is 0 Å². The van der Waals surface area contributed by atoms with Crippen LogP contribution in [0.2, 0.25) is 5.02 Å². The number of hydrogen-bond donors (Lipinski definition) is 2. The van der Waals surface area contributed by atoms with Crippen LogP contribution in [0.1, 0.15) is 34.6 Å². The topological polar surface area (TPSA) is 101 Å². The number of H-pyrrole nitrogens is 1. The number of carbonyl (C=O) groups excluding carboxylic acids is 1. The number of benzene rings is 1. The Morgan fingerprint density at radius 2 is 1.90 bits per heavy atom. The molecule has 0 spiro atoms. The standard InChI is InChI=1S/C18H13ClF3N5O2/c1-9(15-16(24-5-4-23-15)13-2-3-14(28)27-26-13)25-17(29)10-6-11(18(20,21)22)8-12(19)7-10/h2-9H,1H3,(H,25,29)(H,27,28). The first-order valence-corrected chi connectivity index (χ1v) is 8.58. The molecule has 29 heavy (non-hydrogen) atoms. The van der Waals surface area contributed by atoms with Crippen molar-refractivity contribution in [3.63, 3.8) is 0 Å². The summed E-state index contributed by atoms with van der Waals surface area (Å²) >= 11 is 5.73. The van der Waals surface area contributed by atoms with Gasteiger partial charge in [0, 0.05) is 29.0 Å². The van der Waals surface area contributed by atoms with Crippen LogP contribution >= 0.6 is 11.6 Å².